The number of halogens is 2. The molecule has 3 aromatic rings. The van der Waals surface area contributed by atoms with E-state index in [4.69, 9.17) is 20.9 Å². The van der Waals surface area contributed by atoms with Crippen molar-refractivity contribution in [1.29, 1.82) is 0 Å². The average Bonchev–Trinajstić information content (AvgIpc) is 3.63. The number of piperidine rings is 2. The lowest BCUT2D eigenvalue weighted by molar-refractivity contribution is -0.160. The van der Waals surface area contributed by atoms with Gasteiger partial charge in [-0.3, -0.25) is 9.59 Å². The Kier molecular flexibility index (Phi) is 7.16. The third kappa shape index (κ3) is 5.58. The van der Waals surface area contributed by atoms with Gasteiger partial charge < -0.3 is 19.1 Å². The molecule has 0 unspecified atom stereocenters. The first-order chi connectivity index (χ1) is 18.9. The Balaban J connectivity index is 1.19. The molecular formula is C30H31ClFN3O4. The molecule has 2 amide bonds. The van der Waals surface area contributed by atoms with Crippen LogP contribution in [-0.4, -0.2) is 59.1 Å². The van der Waals surface area contributed by atoms with E-state index in [0.717, 1.165) is 24.9 Å². The SMILES string of the molecule is O=C(c1cc(-c2ccccc2F)no1)N1CCC[C@@]2(C[C@H](OCc3ccc(Cl)cc3)CN(CC3CC3)C2=O)C1. The molecule has 1 spiro atoms. The van der Waals surface area contributed by atoms with Crippen molar-refractivity contribution in [3.8, 4) is 11.3 Å². The van der Waals surface area contributed by atoms with Gasteiger partial charge in [-0.2, -0.15) is 0 Å². The molecule has 1 saturated carbocycles. The Bertz CT molecular complexity index is 1360. The van der Waals surface area contributed by atoms with Gasteiger partial charge in [0.05, 0.1) is 18.1 Å². The van der Waals surface area contributed by atoms with E-state index >= 15 is 0 Å². The second-order valence-electron chi connectivity index (χ2n) is 11.1. The highest BCUT2D eigenvalue weighted by molar-refractivity contribution is 6.30. The normalized spacial score (nSPS) is 23.4. The zero-order chi connectivity index (χ0) is 27.0. The lowest BCUT2D eigenvalue weighted by atomic mass is 9.72. The number of aromatic nitrogens is 1. The van der Waals surface area contributed by atoms with Crippen LogP contribution in [-0.2, 0) is 16.1 Å². The minimum absolute atomic E-state index is 0.0407. The molecule has 0 N–H and O–H groups in total. The van der Waals surface area contributed by atoms with Crippen molar-refractivity contribution in [2.75, 3.05) is 26.2 Å². The summed E-state index contributed by atoms with van der Waals surface area (Å²) in [6, 6.07) is 15.3. The molecule has 3 heterocycles. The maximum Gasteiger partial charge on any atom is 0.292 e. The first kappa shape index (κ1) is 26.0. The van der Waals surface area contributed by atoms with Crippen molar-refractivity contribution in [3.05, 3.63) is 76.8 Å². The molecule has 2 aliphatic heterocycles. The molecule has 204 valence electrons. The molecule has 1 aliphatic carbocycles. The number of carbonyl (C=O) groups excluding carboxylic acids is 2. The lowest BCUT2D eigenvalue weighted by Gasteiger charge is -2.49. The van der Waals surface area contributed by atoms with Crippen LogP contribution < -0.4 is 0 Å². The number of ether oxygens (including phenoxy) is 1. The first-order valence-electron chi connectivity index (χ1n) is 13.6. The van der Waals surface area contributed by atoms with Crippen molar-refractivity contribution >= 4 is 23.4 Å². The zero-order valence-electron chi connectivity index (χ0n) is 21.7. The molecule has 9 heteroatoms. The molecule has 7 nitrogen and oxygen atoms in total. The highest BCUT2D eigenvalue weighted by Crippen LogP contribution is 2.42. The summed E-state index contributed by atoms with van der Waals surface area (Å²) in [6.45, 7) is 2.55. The summed E-state index contributed by atoms with van der Waals surface area (Å²) in [6.07, 6.45) is 4.12. The second kappa shape index (κ2) is 10.7. The predicted octanol–water partition coefficient (Wildman–Crippen LogP) is 5.58. The van der Waals surface area contributed by atoms with E-state index in [1.54, 1.807) is 23.1 Å². The maximum atomic E-state index is 14.2. The Morgan fingerprint density at radius 2 is 1.97 bits per heavy atom. The number of rotatable bonds is 7. The topological polar surface area (TPSA) is 75.9 Å². The average molecular weight is 552 g/mol. The molecule has 0 radical (unpaired) electrons. The lowest BCUT2D eigenvalue weighted by Crippen LogP contribution is -2.61. The smallest absolute Gasteiger partial charge is 0.292 e. The monoisotopic (exact) mass is 551 g/mol. The van der Waals surface area contributed by atoms with Crippen LogP contribution in [0.1, 0.15) is 48.2 Å². The standard InChI is InChI=1S/C30H31ClFN3O4/c31-22-10-8-21(9-11-22)18-38-23-15-30(29(37)35(17-23)16-20-6-7-20)12-3-13-34(19-30)28(36)27-14-26(33-39-27)24-4-1-2-5-25(24)32/h1-2,4-5,8-11,14,20,23H,3,6-7,12-13,15-19H2/t23-,30+/m0/s1. The maximum absolute atomic E-state index is 14.2. The molecule has 1 aromatic heterocycles. The molecule has 2 aromatic carbocycles. The molecule has 3 fully saturated rings. The number of hydrogen-bond donors (Lipinski definition) is 0. The van der Waals surface area contributed by atoms with Crippen molar-refractivity contribution in [3.63, 3.8) is 0 Å². The number of amides is 2. The summed E-state index contributed by atoms with van der Waals surface area (Å²) in [4.78, 5) is 31.0. The van der Waals surface area contributed by atoms with Crippen molar-refractivity contribution in [1.82, 2.24) is 15.0 Å². The Hall–Kier alpha value is -3.23. The molecule has 0 bridgehead atoms. The Labute approximate surface area is 231 Å². The summed E-state index contributed by atoms with van der Waals surface area (Å²) < 4.78 is 26.0. The number of carbonyl (C=O) groups is 2. The molecule has 39 heavy (non-hydrogen) atoms. The van der Waals surface area contributed by atoms with E-state index in [0.29, 0.717) is 56.4 Å². The van der Waals surface area contributed by atoms with Crippen molar-refractivity contribution in [2.24, 2.45) is 11.3 Å². The molecular weight excluding hydrogens is 521 g/mol. The van der Waals surface area contributed by atoms with E-state index in [1.165, 1.54) is 12.1 Å². The molecule has 2 saturated heterocycles. The van der Waals surface area contributed by atoms with Crippen LogP contribution in [0.3, 0.4) is 0 Å². The van der Waals surface area contributed by atoms with Gasteiger partial charge in [-0.25, -0.2) is 4.39 Å². The fraction of sp³-hybridized carbons (Fsp3) is 0.433. The van der Waals surface area contributed by atoms with Crippen molar-refractivity contribution in [2.45, 2.75) is 44.8 Å². The third-order valence-electron chi connectivity index (χ3n) is 8.09. The van der Waals surface area contributed by atoms with Gasteiger partial charge in [0.2, 0.25) is 11.7 Å². The van der Waals surface area contributed by atoms with Gasteiger partial charge in [-0.15, -0.1) is 0 Å². The van der Waals surface area contributed by atoms with E-state index in [-0.39, 0.29) is 34.9 Å². The van der Waals surface area contributed by atoms with Gasteiger partial charge in [0.25, 0.3) is 5.91 Å². The quantitative estimate of drug-likeness (QED) is 0.383. The second-order valence-corrected chi connectivity index (χ2v) is 11.5. The van der Waals surface area contributed by atoms with Crippen LogP contribution in [0.4, 0.5) is 4.39 Å². The van der Waals surface area contributed by atoms with E-state index in [2.05, 4.69) is 5.16 Å². The van der Waals surface area contributed by atoms with E-state index in [9.17, 15) is 14.0 Å². The highest BCUT2D eigenvalue weighted by Gasteiger charge is 2.51. The van der Waals surface area contributed by atoms with Gasteiger partial charge in [-0.05, 0) is 67.9 Å². The minimum atomic E-state index is -0.708. The summed E-state index contributed by atoms with van der Waals surface area (Å²) in [5.74, 6) is -0.0695. The fourth-order valence-electron chi connectivity index (χ4n) is 5.90. The van der Waals surface area contributed by atoms with Gasteiger partial charge >= 0.3 is 0 Å². The first-order valence-corrected chi connectivity index (χ1v) is 13.9. The Morgan fingerprint density at radius 3 is 2.74 bits per heavy atom. The number of likely N-dealkylation sites (tertiary alicyclic amines) is 2. The highest BCUT2D eigenvalue weighted by atomic mass is 35.5. The van der Waals surface area contributed by atoms with E-state index < -0.39 is 11.2 Å². The molecule has 6 rings (SSSR count). The molecule has 2 atom stereocenters. The van der Waals surface area contributed by atoms with Gasteiger partial charge in [0.1, 0.15) is 11.5 Å². The number of nitrogens with zero attached hydrogens (tertiary/aromatic N) is 3. The van der Waals surface area contributed by atoms with Crippen LogP contribution in [0.2, 0.25) is 5.02 Å². The largest absolute Gasteiger partial charge is 0.372 e. The van der Waals surface area contributed by atoms with Gasteiger partial charge in [-0.1, -0.05) is 41.0 Å². The molecule has 3 aliphatic rings. The Morgan fingerprint density at radius 1 is 1.18 bits per heavy atom. The fourth-order valence-corrected chi connectivity index (χ4v) is 6.03. The zero-order valence-corrected chi connectivity index (χ0v) is 22.4. The van der Waals surface area contributed by atoms with Gasteiger partial charge in [0.15, 0.2) is 0 Å². The number of hydrogen-bond acceptors (Lipinski definition) is 5. The third-order valence-corrected chi connectivity index (χ3v) is 8.34. The van der Waals surface area contributed by atoms with E-state index in [1.807, 2.05) is 29.2 Å². The van der Waals surface area contributed by atoms with Crippen LogP contribution in [0, 0.1) is 17.2 Å². The van der Waals surface area contributed by atoms with Crippen LogP contribution in [0.25, 0.3) is 11.3 Å². The summed E-state index contributed by atoms with van der Waals surface area (Å²) >= 11 is 6.03. The van der Waals surface area contributed by atoms with Crippen LogP contribution in [0.15, 0.2) is 59.1 Å². The summed E-state index contributed by atoms with van der Waals surface area (Å²) in [5.41, 5.74) is 0.855. The predicted molar refractivity (Wildman–Crippen MR) is 143 cm³/mol. The van der Waals surface area contributed by atoms with Crippen LogP contribution in [0.5, 0.6) is 0 Å². The minimum Gasteiger partial charge on any atom is -0.372 e. The summed E-state index contributed by atoms with van der Waals surface area (Å²) in [7, 11) is 0. The van der Waals surface area contributed by atoms with Crippen LogP contribution >= 0.6 is 11.6 Å². The van der Waals surface area contributed by atoms with Crippen molar-refractivity contribution < 1.29 is 23.2 Å². The summed E-state index contributed by atoms with van der Waals surface area (Å²) in [5, 5.41) is 4.62. The number of benzene rings is 2. The van der Waals surface area contributed by atoms with Gasteiger partial charge in [0, 0.05) is 42.8 Å².